The highest BCUT2D eigenvalue weighted by molar-refractivity contribution is 5.91. The van der Waals surface area contributed by atoms with Crippen LogP contribution in [0.3, 0.4) is 0 Å². The number of nitrogens with two attached hydrogens (primary N) is 1. The number of aromatic nitrogens is 2. The lowest BCUT2D eigenvalue weighted by atomic mass is 10.1. The molecule has 5 nitrogen and oxygen atoms in total. The molecule has 1 amide bonds. The SMILES string of the molecule is COc1ccc(-c2nc3c(C)cccn3c2/C=C\C(N)=O)cc1. The van der Waals surface area contributed by atoms with E-state index in [1.807, 2.05) is 53.9 Å². The smallest absolute Gasteiger partial charge is 0.241 e. The summed E-state index contributed by atoms with van der Waals surface area (Å²) in [7, 11) is 1.63. The Kier molecular flexibility index (Phi) is 3.85. The van der Waals surface area contributed by atoms with E-state index in [4.69, 9.17) is 15.5 Å². The van der Waals surface area contributed by atoms with Crippen LogP contribution in [0.5, 0.6) is 5.75 Å². The normalized spacial score (nSPS) is 11.2. The standard InChI is InChI=1S/C18H17N3O2/c1-12-4-3-11-21-15(9-10-16(19)22)17(20-18(12)21)13-5-7-14(23-2)8-6-13/h3-11H,1-2H3,(H2,19,22)/b10-9-. The van der Waals surface area contributed by atoms with Gasteiger partial charge < -0.3 is 10.5 Å². The summed E-state index contributed by atoms with van der Waals surface area (Å²) in [4.78, 5) is 15.9. The van der Waals surface area contributed by atoms with Gasteiger partial charge in [0, 0.05) is 17.8 Å². The maximum atomic E-state index is 11.1. The van der Waals surface area contributed by atoms with E-state index in [0.29, 0.717) is 0 Å². The molecule has 5 heteroatoms. The van der Waals surface area contributed by atoms with Gasteiger partial charge >= 0.3 is 0 Å². The zero-order chi connectivity index (χ0) is 16.4. The van der Waals surface area contributed by atoms with Crippen LogP contribution in [0.15, 0.2) is 48.7 Å². The Bertz CT molecular complexity index is 893. The monoisotopic (exact) mass is 307 g/mol. The first-order valence-electron chi connectivity index (χ1n) is 7.20. The molecule has 2 N–H and O–H groups in total. The van der Waals surface area contributed by atoms with Crippen molar-refractivity contribution in [3.63, 3.8) is 0 Å². The van der Waals surface area contributed by atoms with E-state index in [0.717, 1.165) is 33.9 Å². The number of nitrogens with zero attached hydrogens (tertiary/aromatic N) is 2. The summed E-state index contributed by atoms with van der Waals surface area (Å²) in [6.45, 7) is 2.00. The van der Waals surface area contributed by atoms with Crippen molar-refractivity contribution < 1.29 is 9.53 Å². The minimum atomic E-state index is -0.492. The van der Waals surface area contributed by atoms with Gasteiger partial charge in [-0.05, 0) is 48.9 Å². The number of carbonyl (C=O) groups excluding carboxylic acids is 1. The third-order valence-electron chi connectivity index (χ3n) is 3.65. The number of fused-ring (bicyclic) bond motifs is 1. The van der Waals surface area contributed by atoms with Gasteiger partial charge in [0.05, 0.1) is 18.5 Å². The second-order valence-corrected chi connectivity index (χ2v) is 5.19. The molecule has 3 rings (SSSR count). The zero-order valence-corrected chi connectivity index (χ0v) is 13.0. The van der Waals surface area contributed by atoms with Crippen LogP contribution in [0.2, 0.25) is 0 Å². The van der Waals surface area contributed by atoms with Gasteiger partial charge in [0.25, 0.3) is 0 Å². The lowest BCUT2D eigenvalue weighted by molar-refractivity contribution is -0.113. The van der Waals surface area contributed by atoms with Gasteiger partial charge in [0.15, 0.2) is 0 Å². The highest BCUT2D eigenvalue weighted by Crippen LogP contribution is 2.28. The van der Waals surface area contributed by atoms with E-state index < -0.39 is 5.91 Å². The molecule has 3 aromatic rings. The lowest BCUT2D eigenvalue weighted by Crippen LogP contribution is -2.05. The molecule has 0 aliphatic rings. The second kappa shape index (κ2) is 5.96. The van der Waals surface area contributed by atoms with Gasteiger partial charge in [0.1, 0.15) is 11.4 Å². The third kappa shape index (κ3) is 2.81. The lowest BCUT2D eigenvalue weighted by Gasteiger charge is -2.03. The van der Waals surface area contributed by atoms with Crippen molar-refractivity contribution in [2.75, 3.05) is 7.11 Å². The maximum absolute atomic E-state index is 11.1. The first kappa shape index (κ1) is 14.8. The highest BCUT2D eigenvalue weighted by atomic mass is 16.5. The largest absolute Gasteiger partial charge is 0.497 e. The number of primary amides is 1. The van der Waals surface area contributed by atoms with E-state index in [1.54, 1.807) is 13.2 Å². The number of benzene rings is 1. The van der Waals surface area contributed by atoms with E-state index in [9.17, 15) is 4.79 Å². The Morgan fingerprint density at radius 3 is 2.65 bits per heavy atom. The molecule has 0 bridgehead atoms. The number of aryl methyl sites for hydroxylation is 1. The number of carbonyl (C=O) groups is 1. The minimum absolute atomic E-state index is 0.492. The van der Waals surface area contributed by atoms with Crippen molar-refractivity contribution in [2.24, 2.45) is 5.73 Å². The van der Waals surface area contributed by atoms with Crippen molar-refractivity contribution in [3.05, 3.63) is 59.9 Å². The maximum Gasteiger partial charge on any atom is 0.241 e. The molecule has 1 aromatic carbocycles. The van der Waals surface area contributed by atoms with Crippen LogP contribution in [0.25, 0.3) is 23.0 Å². The fraction of sp³-hybridized carbons (Fsp3) is 0.111. The van der Waals surface area contributed by atoms with Gasteiger partial charge in [-0.15, -0.1) is 0 Å². The topological polar surface area (TPSA) is 69.6 Å². The van der Waals surface area contributed by atoms with Crippen molar-refractivity contribution in [1.82, 2.24) is 9.38 Å². The summed E-state index contributed by atoms with van der Waals surface area (Å²) in [5.74, 6) is 0.288. The molecule has 0 aliphatic heterocycles. The van der Waals surface area contributed by atoms with Crippen molar-refractivity contribution in [1.29, 1.82) is 0 Å². The first-order chi connectivity index (χ1) is 11.1. The summed E-state index contributed by atoms with van der Waals surface area (Å²) in [5.41, 5.74) is 9.69. The van der Waals surface area contributed by atoms with Gasteiger partial charge in [-0.25, -0.2) is 4.98 Å². The van der Waals surface area contributed by atoms with Crippen LogP contribution in [-0.2, 0) is 4.79 Å². The fourth-order valence-corrected chi connectivity index (χ4v) is 2.50. The first-order valence-corrected chi connectivity index (χ1v) is 7.20. The van der Waals surface area contributed by atoms with Crippen LogP contribution >= 0.6 is 0 Å². The van der Waals surface area contributed by atoms with Gasteiger partial charge in [-0.2, -0.15) is 0 Å². The van der Waals surface area contributed by atoms with Crippen LogP contribution < -0.4 is 10.5 Å². The Hall–Kier alpha value is -3.08. The Morgan fingerprint density at radius 2 is 2.00 bits per heavy atom. The predicted octanol–water partition coefficient (Wildman–Crippen LogP) is 2.82. The number of amides is 1. The molecule has 0 atom stereocenters. The van der Waals surface area contributed by atoms with Crippen molar-refractivity contribution >= 4 is 17.6 Å². The molecule has 0 radical (unpaired) electrons. The molecule has 0 saturated heterocycles. The number of methoxy groups -OCH3 is 1. The van der Waals surface area contributed by atoms with Crippen LogP contribution in [0.4, 0.5) is 0 Å². The van der Waals surface area contributed by atoms with Crippen LogP contribution in [-0.4, -0.2) is 22.4 Å². The molecular formula is C18H17N3O2. The molecule has 0 saturated carbocycles. The molecule has 0 aliphatic carbocycles. The summed E-state index contributed by atoms with van der Waals surface area (Å²) in [5, 5.41) is 0. The number of imidazole rings is 1. The summed E-state index contributed by atoms with van der Waals surface area (Å²) < 4.78 is 7.14. The van der Waals surface area contributed by atoms with Crippen LogP contribution in [0.1, 0.15) is 11.3 Å². The fourth-order valence-electron chi connectivity index (χ4n) is 2.50. The third-order valence-corrected chi connectivity index (χ3v) is 3.65. The van der Waals surface area contributed by atoms with Gasteiger partial charge in [0.2, 0.25) is 5.91 Å². The molecule has 116 valence electrons. The number of ether oxygens (including phenoxy) is 1. The summed E-state index contributed by atoms with van der Waals surface area (Å²) in [6.07, 6.45) is 4.96. The summed E-state index contributed by atoms with van der Waals surface area (Å²) >= 11 is 0. The van der Waals surface area contributed by atoms with E-state index in [2.05, 4.69) is 0 Å². The van der Waals surface area contributed by atoms with Crippen molar-refractivity contribution in [2.45, 2.75) is 6.92 Å². The second-order valence-electron chi connectivity index (χ2n) is 5.19. The highest BCUT2D eigenvalue weighted by Gasteiger charge is 2.13. The van der Waals surface area contributed by atoms with Gasteiger partial charge in [-0.3, -0.25) is 9.20 Å². The Balaban J connectivity index is 2.23. The Labute approximate surface area is 134 Å². The molecule has 0 spiro atoms. The van der Waals surface area contributed by atoms with E-state index in [1.165, 1.54) is 6.08 Å². The average Bonchev–Trinajstić information content (AvgIpc) is 2.93. The predicted molar refractivity (Wildman–Crippen MR) is 90.1 cm³/mol. The number of hydrogen-bond acceptors (Lipinski definition) is 3. The molecule has 2 aromatic heterocycles. The Morgan fingerprint density at radius 1 is 1.26 bits per heavy atom. The number of hydrogen-bond donors (Lipinski definition) is 1. The minimum Gasteiger partial charge on any atom is -0.497 e. The van der Waals surface area contributed by atoms with Crippen LogP contribution in [0, 0.1) is 6.92 Å². The average molecular weight is 307 g/mol. The summed E-state index contributed by atoms with van der Waals surface area (Å²) in [6, 6.07) is 11.6. The quantitative estimate of drug-likeness (QED) is 0.753. The van der Waals surface area contributed by atoms with E-state index >= 15 is 0 Å². The molecule has 0 fully saturated rings. The van der Waals surface area contributed by atoms with Crippen molar-refractivity contribution in [3.8, 4) is 17.0 Å². The molecule has 23 heavy (non-hydrogen) atoms. The number of pyridine rings is 1. The van der Waals surface area contributed by atoms with Gasteiger partial charge in [-0.1, -0.05) is 6.07 Å². The molecule has 0 unspecified atom stereocenters. The van der Waals surface area contributed by atoms with E-state index in [-0.39, 0.29) is 0 Å². The molecule has 2 heterocycles. The number of rotatable bonds is 4. The zero-order valence-electron chi connectivity index (χ0n) is 13.0. The molecular weight excluding hydrogens is 290 g/mol.